The Bertz CT molecular complexity index is 559. The summed E-state index contributed by atoms with van der Waals surface area (Å²) >= 11 is 16.1. The number of rotatable bonds is 5. The molecule has 2 aromatic carbocycles. The summed E-state index contributed by atoms with van der Waals surface area (Å²) in [5.41, 5.74) is 3.46. The number of halogens is 3. The predicted molar refractivity (Wildman–Crippen MR) is 92.1 cm³/mol. The molecule has 0 nitrogen and oxygen atoms in total. The minimum atomic E-state index is -0.225. The van der Waals surface area contributed by atoms with E-state index in [2.05, 4.69) is 59.3 Å². The molecule has 0 heterocycles. The first-order valence-corrected chi connectivity index (χ1v) is 8.39. The van der Waals surface area contributed by atoms with Gasteiger partial charge in [0.25, 0.3) is 0 Å². The van der Waals surface area contributed by atoms with Crippen LogP contribution in [0.5, 0.6) is 0 Å². The zero-order chi connectivity index (χ0) is 14.6. The van der Waals surface area contributed by atoms with Crippen molar-refractivity contribution in [3.05, 3.63) is 69.7 Å². The maximum atomic E-state index is 6.29. The Morgan fingerprint density at radius 1 is 1.00 bits per heavy atom. The maximum Gasteiger partial charge on any atom is 0.0335 e. The highest BCUT2D eigenvalue weighted by Crippen LogP contribution is 2.32. The lowest BCUT2D eigenvalue weighted by Crippen LogP contribution is -2.33. The van der Waals surface area contributed by atoms with Crippen LogP contribution in [0.15, 0.2) is 53.0 Å². The number of hydrogen-bond acceptors (Lipinski definition) is 0. The Balaban J connectivity index is 2.36. The minimum Gasteiger partial charge on any atom is -0.126 e. The van der Waals surface area contributed by atoms with Crippen LogP contribution in [0.4, 0.5) is 0 Å². The van der Waals surface area contributed by atoms with Crippen molar-refractivity contribution in [2.24, 2.45) is 0 Å². The molecule has 0 saturated carbocycles. The molecule has 0 fully saturated rings. The van der Waals surface area contributed by atoms with Crippen LogP contribution in [0.25, 0.3) is 0 Å². The van der Waals surface area contributed by atoms with Crippen LogP contribution >= 0.6 is 39.1 Å². The zero-order valence-corrected chi connectivity index (χ0v) is 14.5. The van der Waals surface area contributed by atoms with Crippen LogP contribution in [-0.4, -0.2) is 11.8 Å². The third-order valence-electron chi connectivity index (χ3n) is 3.61. The first kappa shape index (κ1) is 15.9. The molecule has 0 aromatic heterocycles. The van der Waals surface area contributed by atoms with E-state index in [1.165, 1.54) is 16.7 Å². The molecule has 0 aliphatic carbocycles. The minimum absolute atomic E-state index is 0.225. The monoisotopic (exact) mass is 370 g/mol. The van der Waals surface area contributed by atoms with Crippen molar-refractivity contribution >= 4 is 39.1 Å². The Labute approximate surface area is 139 Å². The molecule has 0 aliphatic heterocycles. The van der Waals surface area contributed by atoms with E-state index in [9.17, 15) is 0 Å². The van der Waals surface area contributed by atoms with Crippen molar-refractivity contribution in [3.8, 4) is 0 Å². The van der Waals surface area contributed by atoms with Crippen LogP contribution in [0.1, 0.15) is 16.7 Å². The van der Waals surface area contributed by atoms with E-state index in [4.69, 9.17) is 23.2 Å². The average Bonchev–Trinajstić information content (AvgIpc) is 2.46. The number of alkyl halides is 2. The summed E-state index contributed by atoms with van der Waals surface area (Å²) in [5, 5.41) is 0. The molecule has 0 saturated heterocycles. The topological polar surface area (TPSA) is 0 Å². The van der Waals surface area contributed by atoms with Gasteiger partial charge in [-0.1, -0.05) is 57.9 Å². The van der Waals surface area contributed by atoms with Crippen molar-refractivity contribution in [1.82, 2.24) is 0 Å². The van der Waals surface area contributed by atoms with Crippen LogP contribution < -0.4 is 0 Å². The van der Waals surface area contributed by atoms with Crippen molar-refractivity contribution in [2.75, 3.05) is 11.8 Å². The van der Waals surface area contributed by atoms with Crippen LogP contribution in [0.2, 0.25) is 0 Å². The van der Waals surface area contributed by atoms with E-state index in [0.29, 0.717) is 11.8 Å². The molecule has 2 aromatic rings. The first-order valence-electron chi connectivity index (χ1n) is 6.53. The van der Waals surface area contributed by atoms with Gasteiger partial charge >= 0.3 is 0 Å². The van der Waals surface area contributed by atoms with Gasteiger partial charge in [0, 0.05) is 21.6 Å². The predicted octanol–water partition coefficient (Wildman–Crippen LogP) is 5.72. The van der Waals surface area contributed by atoms with Gasteiger partial charge in [-0.2, -0.15) is 0 Å². The van der Waals surface area contributed by atoms with E-state index in [0.717, 1.165) is 10.9 Å². The molecular formula is C17H17BrCl2. The highest BCUT2D eigenvalue weighted by molar-refractivity contribution is 9.10. The van der Waals surface area contributed by atoms with E-state index in [-0.39, 0.29) is 5.41 Å². The van der Waals surface area contributed by atoms with E-state index in [1.54, 1.807) is 0 Å². The zero-order valence-electron chi connectivity index (χ0n) is 11.4. The number of hydrogen-bond donors (Lipinski definition) is 0. The van der Waals surface area contributed by atoms with Crippen molar-refractivity contribution in [1.29, 1.82) is 0 Å². The highest BCUT2D eigenvalue weighted by atomic mass is 79.9. The van der Waals surface area contributed by atoms with Gasteiger partial charge in [0.2, 0.25) is 0 Å². The Morgan fingerprint density at radius 3 is 2.20 bits per heavy atom. The van der Waals surface area contributed by atoms with Gasteiger partial charge in [-0.15, -0.1) is 23.2 Å². The normalized spacial score (nSPS) is 11.6. The van der Waals surface area contributed by atoms with Gasteiger partial charge in [0.15, 0.2) is 0 Å². The molecule has 0 spiro atoms. The molecule has 0 aliphatic rings. The molecule has 0 atom stereocenters. The fourth-order valence-electron chi connectivity index (χ4n) is 2.33. The standard InChI is InChI=1S/C17H17BrCl2/c1-13-5-7-15(8-6-13)17(11-19,12-20)10-14-3-2-4-16(18)9-14/h2-9H,10-12H2,1H3. The summed E-state index contributed by atoms with van der Waals surface area (Å²) in [6.45, 7) is 2.08. The van der Waals surface area contributed by atoms with Gasteiger partial charge in [-0.3, -0.25) is 0 Å². The smallest absolute Gasteiger partial charge is 0.0335 e. The lowest BCUT2D eigenvalue weighted by Gasteiger charge is -2.30. The SMILES string of the molecule is Cc1ccc(C(CCl)(CCl)Cc2cccc(Br)c2)cc1. The first-order chi connectivity index (χ1) is 9.59. The van der Waals surface area contributed by atoms with Gasteiger partial charge in [0.05, 0.1) is 0 Å². The summed E-state index contributed by atoms with van der Waals surface area (Å²) in [6, 6.07) is 16.8. The average molecular weight is 372 g/mol. The molecule has 3 heteroatoms. The van der Waals surface area contributed by atoms with Gasteiger partial charge in [-0.05, 0) is 36.6 Å². The molecule has 0 radical (unpaired) electrons. The summed E-state index contributed by atoms with van der Waals surface area (Å²) in [5.74, 6) is 1.01. The molecule has 0 unspecified atom stereocenters. The summed E-state index contributed by atoms with van der Waals surface area (Å²) in [6.07, 6.45) is 0.836. The van der Waals surface area contributed by atoms with Gasteiger partial charge < -0.3 is 0 Å². The number of aryl methyl sites for hydroxylation is 1. The molecular weight excluding hydrogens is 355 g/mol. The molecule has 0 N–H and O–H groups in total. The quantitative estimate of drug-likeness (QED) is 0.590. The van der Waals surface area contributed by atoms with Crippen LogP contribution in [0.3, 0.4) is 0 Å². The lowest BCUT2D eigenvalue weighted by molar-refractivity contribution is 0.536. The third kappa shape index (κ3) is 3.58. The van der Waals surface area contributed by atoms with Gasteiger partial charge in [-0.25, -0.2) is 0 Å². The molecule has 2 rings (SSSR count). The number of benzene rings is 2. The fraction of sp³-hybridized carbons (Fsp3) is 0.294. The van der Waals surface area contributed by atoms with Gasteiger partial charge in [0.1, 0.15) is 0 Å². The summed E-state index contributed by atoms with van der Waals surface area (Å²) < 4.78 is 1.08. The van der Waals surface area contributed by atoms with Crippen LogP contribution in [0, 0.1) is 6.92 Å². The van der Waals surface area contributed by atoms with Crippen molar-refractivity contribution in [3.63, 3.8) is 0 Å². The second-order valence-electron chi connectivity index (χ2n) is 5.22. The Hall–Kier alpha value is -0.500. The molecule has 0 amide bonds. The Morgan fingerprint density at radius 2 is 1.65 bits per heavy atom. The second-order valence-corrected chi connectivity index (χ2v) is 6.67. The Kier molecular flexibility index (Phi) is 5.54. The summed E-state index contributed by atoms with van der Waals surface area (Å²) in [4.78, 5) is 0. The maximum absolute atomic E-state index is 6.29. The van der Waals surface area contributed by atoms with Crippen LogP contribution in [-0.2, 0) is 11.8 Å². The second kappa shape index (κ2) is 6.98. The van der Waals surface area contributed by atoms with Crippen molar-refractivity contribution < 1.29 is 0 Å². The third-order valence-corrected chi connectivity index (χ3v) is 5.12. The van der Waals surface area contributed by atoms with Crippen molar-refractivity contribution in [2.45, 2.75) is 18.8 Å². The summed E-state index contributed by atoms with van der Waals surface area (Å²) in [7, 11) is 0. The largest absolute Gasteiger partial charge is 0.126 e. The highest BCUT2D eigenvalue weighted by Gasteiger charge is 2.31. The molecule has 0 bridgehead atoms. The molecule has 20 heavy (non-hydrogen) atoms. The lowest BCUT2D eigenvalue weighted by atomic mass is 9.78. The van der Waals surface area contributed by atoms with E-state index in [1.807, 2.05) is 12.1 Å². The van der Waals surface area contributed by atoms with E-state index < -0.39 is 0 Å². The fourth-order valence-corrected chi connectivity index (χ4v) is 3.56. The molecule has 106 valence electrons. The van der Waals surface area contributed by atoms with E-state index >= 15 is 0 Å².